The summed E-state index contributed by atoms with van der Waals surface area (Å²) < 4.78 is 5.05. The number of nitrogens with zero attached hydrogens (tertiary/aromatic N) is 4. The maximum Gasteiger partial charge on any atom is 0.325 e. The number of benzene rings is 1. The van der Waals surface area contributed by atoms with Crippen LogP contribution in [0.1, 0.15) is 15.9 Å². The number of aromatic nitrogens is 2. The first kappa shape index (κ1) is 17.8. The number of nitro benzene ring substituents is 1. The molecular formula is C15H15N5O5. The molecule has 130 valence electrons. The van der Waals surface area contributed by atoms with Crippen LogP contribution in [0.2, 0.25) is 0 Å². The van der Waals surface area contributed by atoms with Gasteiger partial charge in [0.1, 0.15) is 13.2 Å². The lowest BCUT2D eigenvalue weighted by molar-refractivity contribution is -0.385. The molecule has 1 heterocycles. The Morgan fingerprint density at radius 3 is 2.60 bits per heavy atom. The summed E-state index contributed by atoms with van der Waals surface area (Å²) in [5, 5.41) is 11.1. The van der Waals surface area contributed by atoms with Crippen LogP contribution in [0, 0.1) is 10.1 Å². The molecule has 1 aromatic carbocycles. The molecule has 2 aromatic rings. The van der Waals surface area contributed by atoms with Gasteiger partial charge in [-0.2, -0.15) is 0 Å². The molecule has 0 unspecified atom stereocenters. The highest BCUT2D eigenvalue weighted by atomic mass is 16.6. The van der Waals surface area contributed by atoms with Gasteiger partial charge in [-0.1, -0.05) is 0 Å². The van der Waals surface area contributed by atoms with Gasteiger partial charge >= 0.3 is 5.97 Å². The molecule has 0 saturated heterocycles. The summed E-state index contributed by atoms with van der Waals surface area (Å²) in [5.41, 5.74) is 4.91. The van der Waals surface area contributed by atoms with Gasteiger partial charge in [0.15, 0.2) is 0 Å². The summed E-state index contributed by atoms with van der Waals surface area (Å²) in [7, 11) is 1.61. The van der Waals surface area contributed by atoms with Gasteiger partial charge in [0.2, 0.25) is 11.9 Å². The summed E-state index contributed by atoms with van der Waals surface area (Å²) in [4.78, 5) is 42.9. The Balaban J connectivity index is 2.02. The third-order valence-corrected chi connectivity index (χ3v) is 3.22. The normalized spacial score (nSPS) is 10.1. The molecule has 1 aromatic heterocycles. The molecule has 0 atom stereocenters. The maximum absolute atomic E-state index is 11.9. The lowest BCUT2D eigenvalue weighted by Gasteiger charge is -2.15. The minimum Gasteiger partial charge on any atom is -0.459 e. The van der Waals surface area contributed by atoms with E-state index >= 15 is 0 Å². The number of likely N-dealkylation sites (N-methyl/N-ethyl adjacent to an activating group) is 1. The van der Waals surface area contributed by atoms with Gasteiger partial charge in [-0.3, -0.25) is 19.7 Å². The van der Waals surface area contributed by atoms with Gasteiger partial charge in [-0.05, 0) is 18.2 Å². The Morgan fingerprint density at radius 1 is 1.32 bits per heavy atom. The number of esters is 1. The first-order valence-corrected chi connectivity index (χ1v) is 7.09. The number of rotatable bonds is 7. The van der Waals surface area contributed by atoms with Crippen LogP contribution in [-0.4, -0.2) is 40.4 Å². The second-order valence-electron chi connectivity index (χ2n) is 5.03. The predicted molar refractivity (Wildman–Crippen MR) is 86.7 cm³/mol. The van der Waals surface area contributed by atoms with Gasteiger partial charge in [-0.25, -0.2) is 9.97 Å². The molecule has 0 aliphatic carbocycles. The standard InChI is InChI=1S/C15H15N5O5/c1-19(15-17-5-2-6-18-15)8-13(21)25-9-11-4-3-10(14(16)22)7-12(11)20(23)24/h2-7H,8-9H2,1H3,(H2,16,22). The third-order valence-electron chi connectivity index (χ3n) is 3.22. The number of anilines is 1. The Kier molecular flexibility index (Phi) is 5.56. The van der Waals surface area contributed by atoms with Crippen LogP contribution in [0.15, 0.2) is 36.7 Å². The first-order valence-electron chi connectivity index (χ1n) is 7.09. The molecule has 0 radical (unpaired) electrons. The van der Waals surface area contributed by atoms with Crippen LogP contribution in [-0.2, 0) is 16.1 Å². The summed E-state index contributed by atoms with van der Waals surface area (Å²) in [6.07, 6.45) is 3.07. The smallest absolute Gasteiger partial charge is 0.325 e. The molecule has 2 rings (SSSR count). The number of primary amides is 1. The molecule has 0 spiro atoms. The van der Waals surface area contributed by atoms with Crippen LogP contribution < -0.4 is 10.6 Å². The summed E-state index contributed by atoms with van der Waals surface area (Å²) in [6, 6.07) is 5.36. The molecule has 10 nitrogen and oxygen atoms in total. The average molecular weight is 345 g/mol. The molecular weight excluding hydrogens is 330 g/mol. The van der Waals surface area contributed by atoms with Crippen molar-refractivity contribution in [2.75, 3.05) is 18.5 Å². The number of nitro groups is 1. The van der Waals surface area contributed by atoms with E-state index in [2.05, 4.69) is 9.97 Å². The topological polar surface area (TPSA) is 142 Å². The molecule has 25 heavy (non-hydrogen) atoms. The van der Waals surface area contributed by atoms with E-state index < -0.39 is 16.8 Å². The molecule has 0 bridgehead atoms. The van der Waals surface area contributed by atoms with E-state index in [4.69, 9.17) is 10.5 Å². The van der Waals surface area contributed by atoms with Crippen molar-refractivity contribution in [3.8, 4) is 0 Å². The second-order valence-corrected chi connectivity index (χ2v) is 5.03. The number of carbonyl (C=O) groups excluding carboxylic acids is 2. The zero-order valence-electron chi connectivity index (χ0n) is 13.3. The second kappa shape index (κ2) is 7.81. The molecule has 0 aliphatic heterocycles. The largest absolute Gasteiger partial charge is 0.459 e. The molecule has 0 aliphatic rings. The highest BCUT2D eigenvalue weighted by Gasteiger charge is 2.18. The SMILES string of the molecule is CN(CC(=O)OCc1ccc(C(N)=O)cc1[N+](=O)[O-])c1ncccn1. The van der Waals surface area contributed by atoms with Gasteiger partial charge in [0.25, 0.3) is 5.69 Å². The zero-order chi connectivity index (χ0) is 18.4. The van der Waals surface area contributed by atoms with Crippen molar-refractivity contribution < 1.29 is 19.2 Å². The van der Waals surface area contributed by atoms with Crippen molar-refractivity contribution in [1.82, 2.24) is 9.97 Å². The fourth-order valence-corrected chi connectivity index (χ4v) is 1.97. The fourth-order valence-electron chi connectivity index (χ4n) is 1.97. The summed E-state index contributed by atoms with van der Waals surface area (Å²) >= 11 is 0. The number of carbonyl (C=O) groups is 2. The van der Waals surface area contributed by atoms with E-state index in [-0.39, 0.29) is 30.0 Å². The first-order chi connectivity index (χ1) is 11.9. The quantitative estimate of drug-likeness (QED) is 0.438. The highest BCUT2D eigenvalue weighted by molar-refractivity contribution is 5.93. The predicted octanol–water partition coefficient (Wildman–Crippen LogP) is 0.663. The van der Waals surface area contributed by atoms with Crippen LogP contribution in [0.5, 0.6) is 0 Å². The molecule has 2 N–H and O–H groups in total. The minimum absolute atomic E-state index is 0.00253. The Labute approximate surface area is 142 Å². The lowest BCUT2D eigenvalue weighted by atomic mass is 10.1. The van der Waals surface area contributed by atoms with E-state index in [0.717, 1.165) is 6.07 Å². The Bertz CT molecular complexity index is 796. The average Bonchev–Trinajstić information content (AvgIpc) is 2.60. The number of hydrogen-bond donors (Lipinski definition) is 1. The Hall–Kier alpha value is -3.56. The van der Waals surface area contributed by atoms with Crippen molar-refractivity contribution in [1.29, 1.82) is 0 Å². The Morgan fingerprint density at radius 2 is 2.00 bits per heavy atom. The van der Waals surface area contributed by atoms with Crippen molar-refractivity contribution in [3.63, 3.8) is 0 Å². The van der Waals surface area contributed by atoms with E-state index in [0.29, 0.717) is 5.95 Å². The van der Waals surface area contributed by atoms with Crippen molar-refractivity contribution in [3.05, 3.63) is 57.9 Å². The number of ether oxygens (including phenoxy) is 1. The van der Waals surface area contributed by atoms with Gasteiger partial charge in [-0.15, -0.1) is 0 Å². The third kappa shape index (κ3) is 4.70. The van der Waals surface area contributed by atoms with E-state index in [1.807, 2.05) is 0 Å². The highest BCUT2D eigenvalue weighted by Crippen LogP contribution is 2.21. The van der Waals surface area contributed by atoms with Gasteiger partial charge in [0.05, 0.1) is 10.5 Å². The van der Waals surface area contributed by atoms with Crippen LogP contribution in [0.3, 0.4) is 0 Å². The van der Waals surface area contributed by atoms with Crippen LogP contribution in [0.25, 0.3) is 0 Å². The number of amides is 1. The van der Waals surface area contributed by atoms with Crippen LogP contribution >= 0.6 is 0 Å². The molecule has 1 amide bonds. The lowest BCUT2D eigenvalue weighted by Crippen LogP contribution is -2.28. The summed E-state index contributed by atoms with van der Waals surface area (Å²) in [6.45, 7) is -0.436. The minimum atomic E-state index is -0.781. The van der Waals surface area contributed by atoms with E-state index in [9.17, 15) is 19.7 Å². The van der Waals surface area contributed by atoms with Crippen molar-refractivity contribution in [2.24, 2.45) is 5.73 Å². The molecule has 0 fully saturated rings. The van der Waals surface area contributed by atoms with Gasteiger partial charge < -0.3 is 15.4 Å². The van der Waals surface area contributed by atoms with E-state index in [1.54, 1.807) is 13.1 Å². The fraction of sp³-hybridized carbons (Fsp3) is 0.200. The monoisotopic (exact) mass is 345 g/mol. The number of nitrogens with two attached hydrogens (primary N) is 1. The van der Waals surface area contributed by atoms with E-state index in [1.165, 1.54) is 29.4 Å². The molecule has 0 saturated carbocycles. The number of hydrogen-bond acceptors (Lipinski definition) is 8. The van der Waals surface area contributed by atoms with Gasteiger partial charge in [0, 0.05) is 31.1 Å². The molecule has 10 heteroatoms. The van der Waals surface area contributed by atoms with Crippen molar-refractivity contribution >= 4 is 23.5 Å². The van der Waals surface area contributed by atoms with Crippen LogP contribution in [0.4, 0.5) is 11.6 Å². The zero-order valence-corrected chi connectivity index (χ0v) is 13.3. The summed E-state index contributed by atoms with van der Waals surface area (Å²) in [5.74, 6) is -1.05. The maximum atomic E-state index is 11.9. The van der Waals surface area contributed by atoms with Crippen molar-refractivity contribution in [2.45, 2.75) is 6.61 Å².